The molecule has 3 nitrogen and oxygen atoms in total. The molecule has 0 aromatic carbocycles. The van der Waals surface area contributed by atoms with Crippen LogP contribution in [-0.4, -0.2) is 15.0 Å². The Hall–Kier alpha value is -1.36. The molecule has 0 fully saturated rings. The highest BCUT2D eigenvalue weighted by molar-refractivity contribution is 7.13. The van der Waals surface area contributed by atoms with Crippen LogP contribution in [0.1, 0.15) is 0 Å². The highest BCUT2D eigenvalue weighted by Gasteiger charge is 2.01. The van der Waals surface area contributed by atoms with Crippen LogP contribution >= 0.6 is 11.3 Å². The SMILES string of the molecule is Fc1cnc(-c2nccs2)cn1. The maximum Gasteiger partial charge on any atom is 0.231 e. The summed E-state index contributed by atoms with van der Waals surface area (Å²) < 4.78 is 12.3. The summed E-state index contributed by atoms with van der Waals surface area (Å²) in [6, 6.07) is 0. The van der Waals surface area contributed by atoms with Gasteiger partial charge in [-0.2, -0.15) is 4.39 Å². The molecule has 2 aromatic heterocycles. The van der Waals surface area contributed by atoms with Gasteiger partial charge in [-0.1, -0.05) is 0 Å². The Balaban J connectivity index is 2.43. The summed E-state index contributed by atoms with van der Waals surface area (Å²) in [5.41, 5.74) is 0.603. The first-order chi connectivity index (χ1) is 5.86. The van der Waals surface area contributed by atoms with E-state index in [1.807, 2.05) is 5.38 Å². The van der Waals surface area contributed by atoms with Gasteiger partial charge in [-0.3, -0.25) is 0 Å². The Morgan fingerprint density at radius 2 is 2.08 bits per heavy atom. The highest BCUT2D eigenvalue weighted by Crippen LogP contribution is 2.17. The van der Waals surface area contributed by atoms with Crippen molar-refractivity contribution in [3.05, 3.63) is 29.9 Å². The van der Waals surface area contributed by atoms with Gasteiger partial charge in [0, 0.05) is 11.6 Å². The fraction of sp³-hybridized carbons (Fsp3) is 0. The summed E-state index contributed by atoms with van der Waals surface area (Å²) in [6.07, 6.45) is 4.12. The van der Waals surface area contributed by atoms with E-state index < -0.39 is 5.95 Å². The van der Waals surface area contributed by atoms with Crippen molar-refractivity contribution in [3.63, 3.8) is 0 Å². The molecule has 0 amide bonds. The van der Waals surface area contributed by atoms with Crippen molar-refractivity contribution in [1.29, 1.82) is 0 Å². The third kappa shape index (κ3) is 1.31. The van der Waals surface area contributed by atoms with Gasteiger partial charge >= 0.3 is 0 Å². The van der Waals surface area contributed by atoms with Gasteiger partial charge in [-0.05, 0) is 0 Å². The smallest absolute Gasteiger partial charge is 0.231 e. The monoisotopic (exact) mass is 181 g/mol. The predicted octanol–water partition coefficient (Wildman–Crippen LogP) is 1.74. The zero-order valence-corrected chi connectivity index (χ0v) is 6.75. The molecule has 0 aliphatic rings. The number of halogens is 1. The summed E-state index contributed by atoms with van der Waals surface area (Å²) in [4.78, 5) is 11.3. The van der Waals surface area contributed by atoms with E-state index in [9.17, 15) is 4.39 Å². The lowest BCUT2D eigenvalue weighted by molar-refractivity contribution is 0.577. The molecule has 0 aliphatic heterocycles. The lowest BCUT2D eigenvalue weighted by atomic mass is 10.5. The molecule has 0 spiro atoms. The lowest BCUT2D eigenvalue weighted by Gasteiger charge is -1.91. The van der Waals surface area contributed by atoms with E-state index in [4.69, 9.17) is 0 Å². The van der Waals surface area contributed by atoms with Gasteiger partial charge in [0.25, 0.3) is 0 Å². The van der Waals surface area contributed by atoms with Crippen LogP contribution in [0, 0.1) is 5.95 Å². The second kappa shape index (κ2) is 2.94. The van der Waals surface area contributed by atoms with E-state index in [-0.39, 0.29) is 0 Å². The fourth-order valence-corrected chi connectivity index (χ4v) is 1.37. The number of nitrogens with zero attached hydrogens (tertiary/aromatic N) is 3. The van der Waals surface area contributed by atoms with E-state index in [0.29, 0.717) is 5.69 Å². The number of hydrogen-bond acceptors (Lipinski definition) is 4. The molecule has 5 heteroatoms. The van der Waals surface area contributed by atoms with Crippen molar-refractivity contribution in [2.24, 2.45) is 0 Å². The van der Waals surface area contributed by atoms with Gasteiger partial charge in [0.15, 0.2) is 0 Å². The Morgan fingerprint density at radius 3 is 2.67 bits per heavy atom. The third-order valence-corrected chi connectivity index (χ3v) is 2.07. The van der Waals surface area contributed by atoms with Crippen LogP contribution in [0.15, 0.2) is 24.0 Å². The average molecular weight is 181 g/mol. The normalized spacial score (nSPS) is 10.1. The van der Waals surface area contributed by atoms with Crippen LogP contribution in [0.2, 0.25) is 0 Å². The molecule has 2 rings (SSSR count). The molecule has 0 N–H and O–H groups in total. The van der Waals surface area contributed by atoms with Gasteiger partial charge in [0.1, 0.15) is 10.7 Å². The van der Waals surface area contributed by atoms with Gasteiger partial charge in [0.05, 0.1) is 12.4 Å². The fourth-order valence-electron chi connectivity index (χ4n) is 0.773. The van der Waals surface area contributed by atoms with Crippen molar-refractivity contribution in [2.75, 3.05) is 0 Å². The van der Waals surface area contributed by atoms with E-state index in [0.717, 1.165) is 11.2 Å². The van der Waals surface area contributed by atoms with Crippen molar-refractivity contribution in [1.82, 2.24) is 15.0 Å². The first-order valence-corrected chi connectivity index (χ1v) is 4.11. The van der Waals surface area contributed by atoms with Crippen LogP contribution in [0.3, 0.4) is 0 Å². The number of rotatable bonds is 1. The number of hydrogen-bond donors (Lipinski definition) is 0. The molecule has 12 heavy (non-hydrogen) atoms. The van der Waals surface area contributed by atoms with Crippen LogP contribution in [0.4, 0.5) is 4.39 Å². The van der Waals surface area contributed by atoms with Gasteiger partial charge in [-0.25, -0.2) is 15.0 Å². The summed E-state index contributed by atoms with van der Waals surface area (Å²) >= 11 is 1.45. The summed E-state index contributed by atoms with van der Waals surface area (Å²) in [6.45, 7) is 0. The third-order valence-electron chi connectivity index (χ3n) is 1.27. The molecular formula is C7H4FN3S. The van der Waals surface area contributed by atoms with E-state index in [2.05, 4.69) is 15.0 Å². The molecule has 0 aliphatic carbocycles. The summed E-state index contributed by atoms with van der Waals surface area (Å²) in [7, 11) is 0. The van der Waals surface area contributed by atoms with Crippen molar-refractivity contribution >= 4 is 11.3 Å². The van der Waals surface area contributed by atoms with Crippen LogP contribution in [-0.2, 0) is 0 Å². The molecule has 0 atom stereocenters. The molecule has 0 saturated heterocycles. The van der Waals surface area contributed by atoms with E-state index >= 15 is 0 Å². The van der Waals surface area contributed by atoms with Crippen LogP contribution < -0.4 is 0 Å². The van der Waals surface area contributed by atoms with Gasteiger partial charge < -0.3 is 0 Å². The Bertz CT molecular complexity index is 357. The maximum absolute atomic E-state index is 12.3. The molecule has 0 unspecified atom stereocenters. The van der Waals surface area contributed by atoms with Crippen molar-refractivity contribution < 1.29 is 4.39 Å². The minimum atomic E-state index is -0.574. The second-order valence-corrected chi connectivity index (χ2v) is 2.96. The quantitative estimate of drug-likeness (QED) is 0.672. The average Bonchev–Trinajstić information content (AvgIpc) is 2.58. The highest BCUT2D eigenvalue weighted by atomic mass is 32.1. The predicted molar refractivity (Wildman–Crippen MR) is 43.1 cm³/mol. The van der Waals surface area contributed by atoms with E-state index in [1.54, 1.807) is 6.20 Å². The Labute approximate surface area is 72.0 Å². The molecule has 0 bridgehead atoms. The zero-order valence-electron chi connectivity index (χ0n) is 5.94. The first kappa shape index (κ1) is 7.30. The van der Waals surface area contributed by atoms with Crippen molar-refractivity contribution in [2.45, 2.75) is 0 Å². The maximum atomic E-state index is 12.3. The molecule has 0 saturated carbocycles. The number of thiazole rings is 1. The standard InChI is InChI=1S/C7H4FN3S/c8-6-4-10-5(3-11-6)7-9-1-2-12-7/h1-4H. The van der Waals surface area contributed by atoms with Gasteiger partial charge in [0.2, 0.25) is 5.95 Å². The Morgan fingerprint density at radius 1 is 1.17 bits per heavy atom. The molecule has 2 aromatic rings. The van der Waals surface area contributed by atoms with E-state index in [1.165, 1.54) is 17.5 Å². The van der Waals surface area contributed by atoms with Crippen molar-refractivity contribution in [3.8, 4) is 10.7 Å². The first-order valence-electron chi connectivity index (χ1n) is 3.23. The minimum absolute atomic E-state index is 0.574. The topological polar surface area (TPSA) is 38.7 Å². The molecule has 0 radical (unpaired) electrons. The molecular weight excluding hydrogens is 177 g/mol. The van der Waals surface area contributed by atoms with Gasteiger partial charge in [-0.15, -0.1) is 11.3 Å². The minimum Gasteiger partial charge on any atom is -0.247 e. The summed E-state index contributed by atoms with van der Waals surface area (Å²) in [5, 5.41) is 2.59. The number of aromatic nitrogens is 3. The summed E-state index contributed by atoms with van der Waals surface area (Å²) in [5.74, 6) is -0.574. The lowest BCUT2D eigenvalue weighted by Crippen LogP contribution is -1.87. The van der Waals surface area contributed by atoms with Crippen LogP contribution in [0.5, 0.6) is 0 Å². The second-order valence-electron chi connectivity index (χ2n) is 2.06. The Kier molecular flexibility index (Phi) is 1.79. The molecule has 2 heterocycles. The largest absolute Gasteiger partial charge is 0.247 e. The molecule has 60 valence electrons. The van der Waals surface area contributed by atoms with Crippen LogP contribution in [0.25, 0.3) is 10.7 Å². The zero-order chi connectivity index (χ0) is 8.39.